The molecule has 2 aliphatic rings. The minimum absolute atomic E-state index is 0.190. The van der Waals surface area contributed by atoms with E-state index in [0.29, 0.717) is 17.9 Å². The van der Waals surface area contributed by atoms with Crippen molar-refractivity contribution in [3.8, 4) is 28.0 Å². The molecule has 8 nitrogen and oxygen atoms in total. The summed E-state index contributed by atoms with van der Waals surface area (Å²) in [5, 5.41) is 0. The molecule has 8 heteroatoms. The second-order valence-corrected chi connectivity index (χ2v) is 12.0. The quantitative estimate of drug-likeness (QED) is 0.193. The highest BCUT2D eigenvalue weighted by atomic mass is 16.6. The van der Waals surface area contributed by atoms with Crippen molar-refractivity contribution in [3.63, 3.8) is 0 Å². The molecule has 3 heterocycles. The van der Waals surface area contributed by atoms with E-state index in [4.69, 9.17) is 19.2 Å². The fourth-order valence-electron chi connectivity index (χ4n) is 6.39. The number of anilines is 1. The number of rotatable bonds is 8. The molecule has 3 aromatic carbocycles. The third-order valence-corrected chi connectivity index (χ3v) is 8.87. The van der Waals surface area contributed by atoms with Gasteiger partial charge in [-0.3, -0.25) is 4.90 Å². The van der Waals surface area contributed by atoms with Gasteiger partial charge >= 0.3 is 12.1 Å². The second kappa shape index (κ2) is 12.3. The Morgan fingerprint density at radius 2 is 1.64 bits per heavy atom. The van der Waals surface area contributed by atoms with Gasteiger partial charge in [-0.15, -0.1) is 0 Å². The maximum absolute atomic E-state index is 13.4. The van der Waals surface area contributed by atoms with Crippen LogP contribution in [-0.2, 0) is 16.0 Å². The standard InChI is InChI=1S/C37H39N3O5/c1-22-16-23(2)18-28(17-22)35-25(4)40(37(42)45-35)21-32-30(11-13-34(38-32)39-14-7-15-39)31-20-26(9-12-33(31)43-5)29-10-8-27(19-24(29)3)36(41)44-6/h8-13,16-20,25,35H,7,14-15,21H2,1-6H3/t25-,35-/m0/s1. The molecule has 0 saturated carbocycles. The van der Waals surface area contributed by atoms with Gasteiger partial charge in [-0.05, 0) is 92.8 Å². The number of cyclic esters (lactones) is 1. The predicted molar refractivity (Wildman–Crippen MR) is 175 cm³/mol. The average molecular weight is 606 g/mol. The first-order valence-corrected chi connectivity index (χ1v) is 15.3. The molecule has 0 N–H and O–H groups in total. The van der Waals surface area contributed by atoms with Crippen LogP contribution in [0.2, 0.25) is 0 Å². The van der Waals surface area contributed by atoms with Crippen molar-refractivity contribution in [1.82, 2.24) is 9.88 Å². The molecular weight excluding hydrogens is 566 g/mol. The number of hydrogen-bond acceptors (Lipinski definition) is 7. The van der Waals surface area contributed by atoms with Gasteiger partial charge in [0.1, 0.15) is 17.7 Å². The summed E-state index contributed by atoms with van der Waals surface area (Å²) in [4.78, 5) is 34.6. The van der Waals surface area contributed by atoms with Crippen LogP contribution < -0.4 is 9.64 Å². The first-order chi connectivity index (χ1) is 21.7. The number of nitrogens with zero attached hydrogens (tertiary/aromatic N) is 3. The molecule has 45 heavy (non-hydrogen) atoms. The van der Waals surface area contributed by atoms with Crippen molar-refractivity contribution < 1.29 is 23.8 Å². The van der Waals surface area contributed by atoms with Gasteiger partial charge in [0.15, 0.2) is 0 Å². The van der Waals surface area contributed by atoms with Crippen LogP contribution in [0.4, 0.5) is 10.6 Å². The second-order valence-electron chi connectivity index (χ2n) is 12.0. The number of amides is 1. The molecule has 2 aliphatic heterocycles. The summed E-state index contributed by atoms with van der Waals surface area (Å²) in [5.74, 6) is 1.23. The van der Waals surface area contributed by atoms with Gasteiger partial charge in [0.05, 0.1) is 38.1 Å². The van der Waals surface area contributed by atoms with Gasteiger partial charge < -0.3 is 19.1 Å². The monoisotopic (exact) mass is 605 g/mol. The Bertz CT molecular complexity index is 1760. The van der Waals surface area contributed by atoms with Crippen LogP contribution >= 0.6 is 0 Å². The number of aryl methyl sites for hydroxylation is 3. The Morgan fingerprint density at radius 1 is 0.911 bits per heavy atom. The van der Waals surface area contributed by atoms with Gasteiger partial charge in [0.25, 0.3) is 0 Å². The first kappa shape index (κ1) is 30.2. The molecule has 2 saturated heterocycles. The van der Waals surface area contributed by atoms with Gasteiger partial charge in [-0.1, -0.05) is 41.5 Å². The van der Waals surface area contributed by atoms with E-state index < -0.39 is 0 Å². The molecule has 0 bridgehead atoms. The summed E-state index contributed by atoms with van der Waals surface area (Å²) >= 11 is 0. The van der Waals surface area contributed by atoms with Crippen LogP contribution in [0.5, 0.6) is 5.75 Å². The van der Waals surface area contributed by atoms with Crippen molar-refractivity contribution >= 4 is 17.9 Å². The van der Waals surface area contributed by atoms with E-state index in [-0.39, 0.29) is 24.2 Å². The SMILES string of the molecule is COC(=O)c1ccc(-c2ccc(OC)c(-c3ccc(N4CCC4)nc3CN3C(=O)O[C@H](c4cc(C)cc(C)c4)[C@@H]3C)c2)c(C)c1. The lowest BCUT2D eigenvalue weighted by atomic mass is 9.93. The minimum Gasteiger partial charge on any atom is -0.496 e. The number of esters is 1. The Hall–Kier alpha value is -4.85. The highest BCUT2D eigenvalue weighted by molar-refractivity contribution is 5.91. The summed E-state index contributed by atoms with van der Waals surface area (Å²) in [6.45, 7) is 10.3. The average Bonchev–Trinajstić information content (AvgIpc) is 3.27. The molecule has 2 atom stereocenters. The zero-order valence-electron chi connectivity index (χ0n) is 26.7. The molecule has 232 valence electrons. The van der Waals surface area contributed by atoms with Crippen molar-refractivity contribution in [2.45, 2.75) is 52.8 Å². The summed E-state index contributed by atoms with van der Waals surface area (Å²) in [6, 6.07) is 21.9. The summed E-state index contributed by atoms with van der Waals surface area (Å²) < 4.78 is 16.7. The van der Waals surface area contributed by atoms with Crippen LogP contribution in [0, 0.1) is 20.8 Å². The third kappa shape index (κ3) is 5.84. The first-order valence-electron chi connectivity index (χ1n) is 15.3. The van der Waals surface area contributed by atoms with E-state index in [1.165, 1.54) is 7.11 Å². The Morgan fingerprint density at radius 3 is 2.29 bits per heavy atom. The minimum atomic E-state index is -0.369. The van der Waals surface area contributed by atoms with Crippen molar-refractivity contribution in [2.24, 2.45) is 0 Å². The number of benzene rings is 3. The van der Waals surface area contributed by atoms with Crippen molar-refractivity contribution in [3.05, 3.63) is 100 Å². The number of ether oxygens (including phenoxy) is 3. The van der Waals surface area contributed by atoms with E-state index in [9.17, 15) is 9.59 Å². The highest BCUT2D eigenvalue weighted by Gasteiger charge is 2.40. The van der Waals surface area contributed by atoms with Gasteiger partial charge in [-0.25, -0.2) is 14.6 Å². The third-order valence-electron chi connectivity index (χ3n) is 8.87. The Labute approximate surface area is 264 Å². The normalized spacial score (nSPS) is 17.6. The number of carbonyl (C=O) groups excluding carboxylic acids is 2. The molecule has 2 fully saturated rings. The van der Waals surface area contributed by atoms with E-state index in [2.05, 4.69) is 49.1 Å². The number of carbonyl (C=O) groups is 2. The number of aromatic nitrogens is 1. The van der Waals surface area contributed by atoms with E-state index in [1.54, 1.807) is 18.1 Å². The number of hydrogen-bond donors (Lipinski definition) is 0. The van der Waals surface area contributed by atoms with E-state index >= 15 is 0 Å². The molecule has 0 spiro atoms. The lowest BCUT2D eigenvalue weighted by Crippen LogP contribution is -2.38. The van der Waals surface area contributed by atoms with Crippen LogP contribution in [0.25, 0.3) is 22.3 Å². The highest BCUT2D eigenvalue weighted by Crippen LogP contribution is 2.40. The lowest BCUT2D eigenvalue weighted by molar-refractivity contribution is 0.0600. The van der Waals surface area contributed by atoms with E-state index in [1.807, 2.05) is 44.2 Å². The number of pyridine rings is 1. The van der Waals surface area contributed by atoms with E-state index in [0.717, 1.165) is 75.5 Å². The Balaban J connectivity index is 1.40. The summed E-state index contributed by atoms with van der Waals surface area (Å²) in [6.07, 6.45) is 0.415. The van der Waals surface area contributed by atoms with Crippen LogP contribution in [-0.4, -0.2) is 55.3 Å². The van der Waals surface area contributed by atoms with Crippen molar-refractivity contribution in [2.75, 3.05) is 32.2 Å². The fourth-order valence-corrected chi connectivity index (χ4v) is 6.39. The largest absolute Gasteiger partial charge is 0.496 e. The Kier molecular flexibility index (Phi) is 8.23. The smallest absolute Gasteiger partial charge is 0.411 e. The molecule has 1 amide bonds. The topological polar surface area (TPSA) is 81.2 Å². The predicted octanol–water partition coefficient (Wildman–Crippen LogP) is 7.43. The molecule has 4 aromatic rings. The summed E-state index contributed by atoms with van der Waals surface area (Å²) in [5.41, 5.74) is 9.23. The fraction of sp³-hybridized carbons (Fsp3) is 0.324. The maximum atomic E-state index is 13.4. The maximum Gasteiger partial charge on any atom is 0.411 e. The van der Waals surface area contributed by atoms with Gasteiger partial charge in [0, 0.05) is 24.2 Å². The lowest BCUT2D eigenvalue weighted by Gasteiger charge is -2.33. The zero-order valence-corrected chi connectivity index (χ0v) is 26.7. The van der Waals surface area contributed by atoms with Crippen molar-refractivity contribution in [1.29, 1.82) is 0 Å². The zero-order chi connectivity index (χ0) is 31.8. The molecule has 6 rings (SSSR count). The molecule has 0 aliphatic carbocycles. The van der Waals surface area contributed by atoms with Crippen LogP contribution in [0.1, 0.15) is 57.8 Å². The van der Waals surface area contributed by atoms with Crippen LogP contribution in [0.3, 0.4) is 0 Å². The molecule has 0 unspecified atom stereocenters. The van der Waals surface area contributed by atoms with Crippen LogP contribution in [0.15, 0.2) is 66.7 Å². The summed E-state index contributed by atoms with van der Waals surface area (Å²) in [7, 11) is 3.04. The van der Waals surface area contributed by atoms with Gasteiger partial charge in [0.2, 0.25) is 0 Å². The van der Waals surface area contributed by atoms with Gasteiger partial charge in [-0.2, -0.15) is 0 Å². The number of methoxy groups -OCH3 is 2. The molecular formula is C37H39N3O5. The molecule has 1 aromatic heterocycles. The molecule has 0 radical (unpaired) electrons.